The van der Waals surface area contributed by atoms with Crippen molar-refractivity contribution < 1.29 is 4.79 Å². The van der Waals surface area contributed by atoms with Crippen molar-refractivity contribution in [3.05, 3.63) is 32.2 Å². The summed E-state index contributed by atoms with van der Waals surface area (Å²) in [5.74, 6) is -0.0822. The molecule has 2 heterocycles. The van der Waals surface area contributed by atoms with Crippen LogP contribution in [-0.4, -0.2) is 25.5 Å². The highest BCUT2D eigenvalue weighted by Gasteiger charge is 2.20. The number of halogens is 2. The summed E-state index contributed by atoms with van der Waals surface area (Å²) in [6.45, 7) is 6.09. The molecule has 2 rings (SSSR count). The lowest BCUT2D eigenvalue weighted by molar-refractivity contribution is -0.124. The Hall–Kier alpha value is -1.15. The molecular weight excluding hydrogens is 402 g/mol. The van der Waals surface area contributed by atoms with Crippen LogP contribution in [-0.2, 0) is 18.4 Å². The van der Waals surface area contributed by atoms with Crippen molar-refractivity contribution in [1.29, 1.82) is 0 Å². The van der Waals surface area contributed by atoms with Gasteiger partial charge < -0.3 is 5.32 Å². The van der Waals surface area contributed by atoms with Crippen LogP contribution in [0.25, 0.3) is 0 Å². The van der Waals surface area contributed by atoms with Crippen molar-refractivity contribution in [3.8, 4) is 0 Å². The maximum atomic E-state index is 12.3. The minimum absolute atomic E-state index is 0.0822. The van der Waals surface area contributed by atoms with Gasteiger partial charge in [-0.05, 0) is 52.6 Å². The summed E-state index contributed by atoms with van der Waals surface area (Å²) < 4.78 is 5.28. The molecule has 2 aromatic heterocycles. The average Bonchev–Trinajstić information content (AvgIpc) is 2.90. The normalized spacial score (nSPS) is 12.5. The van der Waals surface area contributed by atoms with E-state index in [1.54, 1.807) is 15.6 Å². The smallest absolute Gasteiger partial charge is 0.244 e. The first-order valence-corrected chi connectivity index (χ1v) is 8.06. The lowest BCUT2D eigenvalue weighted by Crippen LogP contribution is -2.32. The molecule has 1 unspecified atom stereocenters. The fourth-order valence-electron chi connectivity index (χ4n) is 2.08. The van der Waals surface area contributed by atoms with Gasteiger partial charge in [-0.3, -0.25) is 14.2 Å². The number of hydrogen-bond donors (Lipinski definition) is 1. The van der Waals surface area contributed by atoms with E-state index in [4.69, 9.17) is 0 Å². The van der Waals surface area contributed by atoms with Crippen molar-refractivity contribution in [3.63, 3.8) is 0 Å². The van der Waals surface area contributed by atoms with E-state index in [2.05, 4.69) is 47.4 Å². The van der Waals surface area contributed by atoms with Gasteiger partial charge in [0.05, 0.1) is 38.8 Å². The van der Waals surface area contributed by atoms with Crippen LogP contribution >= 0.6 is 31.9 Å². The molecule has 0 saturated heterocycles. The Bertz CT molecular complexity index is 657. The molecule has 1 atom stereocenters. The van der Waals surface area contributed by atoms with E-state index in [-0.39, 0.29) is 11.9 Å². The fraction of sp³-hybridized carbons (Fsp3) is 0.462. The van der Waals surface area contributed by atoms with Crippen LogP contribution in [0.15, 0.2) is 15.1 Å². The second-order valence-electron chi connectivity index (χ2n) is 4.89. The molecule has 0 fully saturated rings. The van der Waals surface area contributed by atoms with Crippen LogP contribution in [0.3, 0.4) is 0 Å². The number of carbonyl (C=O) groups is 1. The molecular formula is C13H17Br2N5O. The lowest BCUT2D eigenvalue weighted by atomic mass is 10.3. The summed E-state index contributed by atoms with van der Waals surface area (Å²) in [4.78, 5) is 12.3. The predicted octanol–water partition coefficient (Wildman–Crippen LogP) is 2.64. The Morgan fingerprint density at radius 1 is 1.43 bits per heavy atom. The van der Waals surface area contributed by atoms with Crippen LogP contribution in [0.5, 0.6) is 0 Å². The highest BCUT2D eigenvalue weighted by molar-refractivity contribution is 9.10. The van der Waals surface area contributed by atoms with Crippen molar-refractivity contribution >= 4 is 37.8 Å². The van der Waals surface area contributed by atoms with Crippen LogP contribution in [0.4, 0.5) is 0 Å². The van der Waals surface area contributed by atoms with Gasteiger partial charge in [0.2, 0.25) is 5.91 Å². The van der Waals surface area contributed by atoms with Gasteiger partial charge in [-0.2, -0.15) is 10.2 Å². The van der Waals surface area contributed by atoms with E-state index in [9.17, 15) is 4.79 Å². The Morgan fingerprint density at radius 3 is 2.57 bits per heavy atom. The summed E-state index contributed by atoms with van der Waals surface area (Å²) in [6, 6.07) is -0.373. The van der Waals surface area contributed by atoms with E-state index < -0.39 is 0 Å². The van der Waals surface area contributed by atoms with Gasteiger partial charge in [-0.1, -0.05) is 0 Å². The third-order valence-corrected chi connectivity index (χ3v) is 5.23. The van der Waals surface area contributed by atoms with Gasteiger partial charge >= 0.3 is 0 Å². The van der Waals surface area contributed by atoms with Gasteiger partial charge in [0.25, 0.3) is 0 Å². The topological polar surface area (TPSA) is 64.7 Å². The molecule has 1 amide bonds. The van der Waals surface area contributed by atoms with Gasteiger partial charge in [0.15, 0.2) is 0 Å². The first kappa shape index (κ1) is 16.2. The largest absolute Gasteiger partial charge is 0.349 e. The highest BCUT2D eigenvalue weighted by Crippen LogP contribution is 2.23. The van der Waals surface area contributed by atoms with E-state index >= 15 is 0 Å². The molecule has 0 bridgehead atoms. The molecule has 0 aliphatic rings. The van der Waals surface area contributed by atoms with E-state index in [0.717, 1.165) is 26.0 Å². The first-order valence-electron chi connectivity index (χ1n) is 6.48. The van der Waals surface area contributed by atoms with Gasteiger partial charge in [0.1, 0.15) is 6.04 Å². The Labute approximate surface area is 140 Å². The Balaban J connectivity index is 2.08. The number of nitrogens with zero attached hydrogens (tertiary/aromatic N) is 4. The lowest BCUT2D eigenvalue weighted by Gasteiger charge is -2.14. The molecule has 0 saturated carbocycles. The zero-order valence-corrected chi connectivity index (χ0v) is 15.5. The molecule has 0 aliphatic carbocycles. The van der Waals surface area contributed by atoms with E-state index in [1.165, 1.54) is 0 Å². The van der Waals surface area contributed by atoms with Gasteiger partial charge in [-0.25, -0.2) is 0 Å². The van der Waals surface area contributed by atoms with Crippen LogP contribution in [0.1, 0.15) is 30.0 Å². The molecule has 0 radical (unpaired) electrons. The maximum Gasteiger partial charge on any atom is 0.244 e. The second kappa shape index (κ2) is 6.31. The zero-order valence-electron chi connectivity index (χ0n) is 12.3. The summed E-state index contributed by atoms with van der Waals surface area (Å²) in [5.41, 5.74) is 2.74. The van der Waals surface area contributed by atoms with Crippen LogP contribution in [0, 0.1) is 13.8 Å². The zero-order chi connectivity index (χ0) is 15.7. The number of amides is 1. The van der Waals surface area contributed by atoms with Crippen molar-refractivity contribution in [1.82, 2.24) is 24.9 Å². The number of nitrogens with one attached hydrogen (secondary N) is 1. The molecule has 1 N–H and O–H groups in total. The summed E-state index contributed by atoms with van der Waals surface area (Å²) in [7, 11) is 1.84. The van der Waals surface area contributed by atoms with Crippen molar-refractivity contribution in [2.24, 2.45) is 7.05 Å². The van der Waals surface area contributed by atoms with Crippen molar-refractivity contribution in [2.75, 3.05) is 0 Å². The number of aryl methyl sites for hydroxylation is 2. The number of rotatable bonds is 4. The summed E-state index contributed by atoms with van der Waals surface area (Å²) in [6.07, 6.45) is 1.71. The molecule has 6 nitrogen and oxygen atoms in total. The minimum atomic E-state index is -0.373. The molecule has 114 valence electrons. The summed E-state index contributed by atoms with van der Waals surface area (Å²) >= 11 is 6.89. The predicted molar refractivity (Wildman–Crippen MR) is 86.9 cm³/mol. The van der Waals surface area contributed by atoms with E-state index in [1.807, 2.05) is 27.8 Å². The summed E-state index contributed by atoms with van der Waals surface area (Å²) in [5, 5.41) is 11.4. The minimum Gasteiger partial charge on any atom is -0.349 e. The van der Waals surface area contributed by atoms with Crippen LogP contribution < -0.4 is 5.32 Å². The number of aromatic nitrogens is 4. The Morgan fingerprint density at radius 2 is 2.10 bits per heavy atom. The third kappa shape index (κ3) is 3.21. The van der Waals surface area contributed by atoms with Gasteiger partial charge in [-0.15, -0.1) is 0 Å². The maximum absolute atomic E-state index is 12.3. The third-order valence-electron chi connectivity index (χ3n) is 3.42. The molecule has 21 heavy (non-hydrogen) atoms. The number of carbonyl (C=O) groups excluding carboxylic acids is 1. The SMILES string of the molecule is Cc1nn(C(C)C(=O)NCc2c(Br)cnn2C)c(C)c1Br. The number of hydrogen-bond acceptors (Lipinski definition) is 3. The van der Waals surface area contributed by atoms with E-state index in [0.29, 0.717) is 6.54 Å². The monoisotopic (exact) mass is 417 g/mol. The first-order chi connectivity index (χ1) is 9.82. The fourth-order valence-corrected chi connectivity index (χ4v) is 2.83. The Kier molecular flexibility index (Phi) is 4.88. The molecule has 0 aromatic carbocycles. The highest BCUT2D eigenvalue weighted by atomic mass is 79.9. The molecule has 0 spiro atoms. The van der Waals surface area contributed by atoms with Crippen LogP contribution in [0.2, 0.25) is 0 Å². The average molecular weight is 419 g/mol. The molecule has 8 heteroatoms. The second-order valence-corrected chi connectivity index (χ2v) is 6.53. The van der Waals surface area contributed by atoms with Gasteiger partial charge in [0, 0.05) is 7.05 Å². The standard InChI is InChI=1S/C13H17Br2N5O/c1-7-12(15)8(2)20(18-7)9(3)13(21)16-6-11-10(14)5-17-19(11)4/h5,9H,6H2,1-4H3,(H,16,21). The molecule has 0 aliphatic heterocycles. The van der Waals surface area contributed by atoms with Crippen molar-refractivity contribution in [2.45, 2.75) is 33.4 Å². The quantitative estimate of drug-likeness (QED) is 0.829. The molecule has 2 aromatic rings.